The lowest BCUT2D eigenvalue weighted by Gasteiger charge is -2.21. The van der Waals surface area contributed by atoms with E-state index in [1.54, 1.807) is 0 Å². The van der Waals surface area contributed by atoms with E-state index in [0.717, 1.165) is 23.5 Å². The Morgan fingerprint density at radius 1 is 1.35 bits per heavy atom. The lowest BCUT2D eigenvalue weighted by molar-refractivity contribution is 0.174. The highest BCUT2D eigenvalue weighted by Gasteiger charge is 2.17. The van der Waals surface area contributed by atoms with E-state index >= 15 is 0 Å². The maximum Gasteiger partial charge on any atom is 0.231 e. The number of nitrogens with one attached hydrogen (secondary N) is 1. The average molecular weight is 236 g/mol. The van der Waals surface area contributed by atoms with Gasteiger partial charge in [-0.2, -0.15) is 0 Å². The average Bonchev–Trinajstić information content (AvgIpc) is 2.82. The molecule has 94 valence electrons. The zero-order valence-electron chi connectivity index (χ0n) is 10.4. The fourth-order valence-electron chi connectivity index (χ4n) is 1.89. The maximum absolute atomic E-state index is 5.82. The molecule has 0 fully saturated rings. The first kappa shape index (κ1) is 12.2. The van der Waals surface area contributed by atoms with Crippen LogP contribution in [-0.2, 0) is 0 Å². The lowest BCUT2D eigenvalue weighted by Crippen LogP contribution is -2.34. The SMILES string of the molecule is CCC(C)NC(CN)c1ccc2c(c1)OCO2. The minimum Gasteiger partial charge on any atom is -0.454 e. The molecular formula is C13H20N2O2. The van der Waals surface area contributed by atoms with E-state index in [0.29, 0.717) is 19.4 Å². The molecule has 0 aromatic heterocycles. The fourth-order valence-corrected chi connectivity index (χ4v) is 1.89. The molecule has 3 N–H and O–H groups in total. The normalized spacial score (nSPS) is 16.9. The summed E-state index contributed by atoms with van der Waals surface area (Å²) in [6.45, 7) is 5.20. The van der Waals surface area contributed by atoms with Gasteiger partial charge in [0.25, 0.3) is 0 Å². The van der Waals surface area contributed by atoms with Crippen molar-refractivity contribution in [3.63, 3.8) is 0 Å². The molecule has 1 aromatic carbocycles. The molecule has 1 aromatic rings. The highest BCUT2D eigenvalue weighted by atomic mass is 16.7. The van der Waals surface area contributed by atoms with Gasteiger partial charge in [-0.25, -0.2) is 0 Å². The third kappa shape index (κ3) is 2.70. The van der Waals surface area contributed by atoms with Crippen molar-refractivity contribution < 1.29 is 9.47 Å². The summed E-state index contributed by atoms with van der Waals surface area (Å²) in [6.07, 6.45) is 1.08. The van der Waals surface area contributed by atoms with Gasteiger partial charge in [-0.05, 0) is 31.0 Å². The number of ether oxygens (including phenoxy) is 2. The minimum atomic E-state index is 0.166. The Bertz CT molecular complexity index is 382. The van der Waals surface area contributed by atoms with Crippen molar-refractivity contribution >= 4 is 0 Å². The van der Waals surface area contributed by atoms with Crippen LogP contribution < -0.4 is 20.5 Å². The zero-order valence-corrected chi connectivity index (χ0v) is 10.4. The molecule has 2 atom stereocenters. The van der Waals surface area contributed by atoms with Gasteiger partial charge in [-0.1, -0.05) is 13.0 Å². The van der Waals surface area contributed by atoms with Crippen LogP contribution in [0.1, 0.15) is 31.9 Å². The van der Waals surface area contributed by atoms with Crippen LogP contribution in [0, 0.1) is 0 Å². The van der Waals surface area contributed by atoms with E-state index in [-0.39, 0.29) is 6.04 Å². The van der Waals surface area contributed by atoms with Gasteiger partial charge in [0.15, 0.2) is 11.5 Å². The molecule has 0 saturated carbocycles. The summed E-state index contributed by atoms with van der Waals surface area (Å²) in [5, 5.41) is 3.50. The molecule has 2 unspecified atom stereocenters. The zero-order chi connectivity index (χ0) is 12.3. The molecule has 0 spiro atoms. The van der Waals surface area contributed by atoms with Gasteiger partial charge in [-0.3, -0.25) is 0 Å². The lowest BCUT2D eigenvalue weighted by atomic mass is 10.0. The number of nitrogens with two attached hydrogens (primary N) is 1. The maximum atomic E-state index is 5.82. The molecule has 0 radical (unpaired) electrons. The second-order valence-electron chi connectivity index (χ2n) is 4.38. The summed E-state index contributed by atoms with van der Waals surface area (Å²) in [6, 6.07) is 6.61. The van der Waals surface area contributed by atoms with Gasteiger partial charge in [-0.15, -0.1) is 0 Å². The Labute approximate surface area is 102 Å². The van der Waals surface area contributed by atoms with Gasteiger partial charge in [0.05, 0.1) is 0 Å². The third-order valence-electron chi connectivity index (χ3n) is 3.13. The minimum absolute atomic E-state index is 0.166. The van der Waals surface area contributed by atoms with Crippen LogP contribution >= 0.6 is 0 Å². The van der Waals surface area contributed by atoms with Crippen molar-refractivity contribution in [3.8, 4) is 11.5 Å². The van der Waals surface area contributed by atoms with E-state index in [9.17, 15) is 0 Å². The van der Waals surface area contributed by atoms with Crippen molar-refractivity contribution in [1.82, 2.24) is 5.32 Å². The number of benzene rings is 1. The summed E-state index contributed by atoms with van der Waals surface area (Å²) in [7, 11) is 0. The van der Waals surface area contributed by atoms with Crippen LogP contribution in [0.25, 0.3) is 0 Å². The smallest absolute Gasteiger partial charge is 0.231 e. The van der Waals surface area contributed by atoms with Crippen LogP contribution in [-0.4, -0.2) is 19.4 Å². The van der Waals surface area contributed by atoms with Crippen molar-refractivity contribution in [2.75, 3.05) is 13.3 Å². The van der Waals surface area contributed by atoms with Gasteiger partial charge >= 0.3 is 0 Å². The summed E-state index contributed by atoms with van der Waals surface area (Å²) < 4.78 is 10.7. The summed E-state index contributed by atoms with van der Waals surface area (Å²) in [5.74, 6) is 1.62. The Balaban J connectivity index is 2.14. The number of rotatable bonds is 5. The van der Waals surface area contributed by atoms with Crippen LogP contribution in [0.5, 0.6) is 11.5 Å². The predicted molar refractivity (Wildman–Crippen MR) is 67.2 cm³/mol. The van der Waals surface area contributed by atoms with E-state index < -0.39 is 0 Å². The molecule has 0 amide bonds. The van der Waals surface area contributed by atoms with E-state index in [1.807, 2.05) is 18.2 Å². The van der Waals surface area contributed by atoms with E-state index in [4.69, 9.17) is 15.2 Å². The molecule has 1 heterocycles. The second-order valence-corrected chi connectivity index (χ2v) is 4.38. The van der Waals surface area contributed by atoms with Crippen molar-refractivity contribution in [3.05, 3.63) is 23.8 Å². The van der Waals surface area contributed by atoms with E-state index in [2.05, 4.69) is 19.2 Å². The van der Waals surface area contributed by atoms with Crippen molar-refractivity contribution in [1.29, 1.82) is 0 Å². The number of hydrogen-bond donors (Lipinski definition) is 2. The highest BCUT2D eigenvalue weighted by Crippen LogP contribution is 2.34. The van der Waals surface area contributed by atoms with E-state index in [1.165, 1.54) is 0 Å². The Kier molecular flexibility index (Phi) is 3.86. The summed E-state index contributed by atoms with van der Waals surface area (Å²) >= 11 is 0. The van der Waals surface area contributed by atoms with Gasteiger partial charge in [0.2, 0.25) is 6.79 Å². The standard InChI is InChI=1S/C13H20N2O2/c1-3-9(2)15-11(7-14)10-4-5-12-13(6-10)17-8-16-12/h4-6,9,11,15H,3,7-8,14H2,1-2H3. The fraction of sp³-hybridized carbons (Fsp3) is 0.538. The van der Waals surface area contributed by atoms with Crippen LogP contribution in [0.2, 0.25) is 0 Å². The number of hydrogen-bond acceptors (Lipinski definition) is 4. The third-order valence-corrected chi connectivity index (χ3v) is 3.13. The van der Waals surface area contributed by atoms with Crippen LogP contribution in [0.15, 0.2) is 18.2 Å². The molecule has 17 heavy (non-hydrogen) atoms. The predicted octanol–water partition coefficient (Wildman–Crippen LogP) is 1.80. The first-order valence-electron chi connectivity index (χ1n) is 6.10. The largest absolute Gasteiger partial charge is 0.454 e. The first-order valence-corrected chi connectivity index (χ1v) is 6.10. The Hall–Kier alpha value is -1.26. The summed E-state index contributed by atoms with van der Waals surface area (Å²) in [5.41, 5.74) is 6.97. The van der Waals surface area contributed by atoms with Crippen LogP contribution in [0.3, 0.4) is 0 Å². The van der Waals surface area contributed by atoms with Gasteiger partial charge in [0.1, 0.15) is 0 Å². The quantitative estimate of drug-likeness (QED) is 0.818. The molecule has 0 bridgehead atoms. The summed E-state index contributed by atoms with van der Waals surface area (Å²) in [4.78, 5) is 0. The molecule has 4 heteroatoms. The topological polar surface area (TPSA) is 56.5 Å². The first-order chi connectivity index (χ1) is 8.24. The van der Waals surface area contributed by atoms with Gasteiger partial charge < -0.3 is 20.5 Å². The molecule has 0 saturated heterocycles. The molecule has 2 rings (SSSR count). The molecule has 1 aliphatic rings. The Morgan fingerprint density at radius 3 is 2.82 bits per heavy atom. The molecule has 1 aliphatic heterocycles. The monoisotopic (exact) mass is 236 g/mol. The number of fused-ring (bicyclic) bond motifs is 1. The molecular weight excluding hydrogens is 216 g/mol. The van der Waals surface area contributed by atoms with Gasteiger partial charge in [0, 0.05) is 18.6 Å². The second kappa shape index (κ2) is 5.38. The van der Waals surface area contributed by atoms with Crippen LogP contribution in [0.4, 0.5) is 0 Å². The highest BCUT2D eigenvalue weighted by molar-refractivity contribution is 5.45. The van der Waals surface area contributed by atoms with Crippen molar-refractivity contribution in [2.24, 2.45) is 5.73 Å². The molecule has 0 aliphatic carbocycles. The molecule has 4 nitrogen and oxygen atoms in total. The Morgan fingerprint density at radius 2 is 2.12 bits per heavy atom. The van der Waals surface area contributed by atoms with Crippen molar-refractivity contribution in [2.45, 2.75) is 32.4 Å².